The van der Waals surface area contributed by atoms with Gasteiger partial charge in [0.05, 0.1) is 6.20 Å². The van der Waals surface area contributed by atoms with Crippen molar-refractivity contribution in [1.82, 2.24) is 9.97 Å². The summed E-state index contributed by atoms with van der Waals surface area (Å²) in [6.07, 6.45) is 15.1. The van der Waals surface area contributed by atoms with Gasteiger partial charge in [-0.1, -0.05) is 0 Å². The quantitative estimate of drug-likeness (QED) is 0.646. The van der Waals surface area contributed by atoms with Crippen molar-refractivity contribution in [2.45, 2.75) is 76.3 Å². The Hall–Kier alpha value is -1.87. The summed E-state index contributed by atoms with van der Waals surface area (Å²) in [6, 6.07) is 3.22. The third-order valence-electron chi connectivity index (χ3n) is 10.5. The molecule has 9 rings (SSSR count). The fourth-order valence-corrected chi connectivity index (χ4v) is 9.70. The highest BCUT2D eigenvalue weighted by molar-refractivity contribution is 5.53. The monoisotopic (exact) mass is 432 g/mol. The zero-order valence-corrected chi connectivity index (χ0v) is 19.0. The second-order valence-electron chi connectivity index (χ2n) is 12.6. The predicted octanol–water partition coefficient (Wildman–Crippen LogP) is 4.15. The minimum Gasteiger partial charge on any atom is -0.368 e. The minimum absolute atomic E-state index is 0.332. The Balaban J connectivity index is 1.08. The van der Waals surface area contributed by atoms with Gasteiger partial charge in [-0.3, -0.25) is 0 Å². The molecular weight excluding hydrogens is 396 g/mol. The third-order valence-corrected chi connectivity index (χ3v) is 10.5. The van der Waals surface area contributed by atoms with E-state index in [1.54, 1.807) is 6.20 Å². The summed E-state index contributed by atoms with van der Waals surface area (Å²) in [7, 11) is 0. The van der Waals surface area contributed by atoms with Gasteiger partial charge < -0.3 is 16.4 Å². The minimum atomic E-state index is 0.332. The van der Waals surface area contributed by atoms with Crippen LogP contribution in [0.25, 0.3) is 0 Å². The van der Waals surface area contributed by atoms with Crippen LogP contribution in [-0.2, 0) is 0 Å². The lowest BCUT2D eigenvalue weighted by Crippen LogP contribution is -2.58. The van der Waals surface area contributed by atoms with Crippen LogP contribution in [0.5, 0.6) is 0 Å². The van der Waals surface area contributed by atoms with E-state index in [1.165, 1.54) is 64.2 Å². The summed E-state index contributed by atoms with van der Waals surface area (Å²) >= 11 is 0. The highest BCUT2D eigenvalue weighted by Gasteiger charge is 2.54. The number of nitriles is 1. The molecule has 1 aromatic rings. The van der Waals surface area contributed by atoms with Crippen molar-refractivity contribution in [3.63, 3.8) is 0 Å². The van der Waals surface area contributed by atoms with E-state index < -0.39 is 0 Å². The summed E-state index contributed by atoms with van der Waals surface area (Å²) < 4.78 is 0. The molecule has 0 radical (unpaired) electrons. The van der Waals surface area contributed by atoms with Crippen LogP contribution in [0.3, 0.4) is 0 Å². The van der Waals surface area contributed by atoms with E-state index in [9.17, 15) is 5.26 Å². The topological polar surface area (TPSA) is 99.6 Å². The molecule has 1 heterocycles. The van der Waals surface area contributed by atoms with Crippen LogP contribution < -0.4 is 16.4 Å². The van der Waals surface area contributed by atoms with Crippen molar-refractivity contribution in [2.24, 2.45) is 52.6 Å². The van der Waals surface area contributed by atoms with Crippen molar-refractivity contribution < 1.29 is 0 Å². The highest BCUT2D eigenvalue weighted by atomic mass is 15.2. The number of hydrogen-bond acceptors (Lipinski definition) is 6. The van der Waals surface area contributed by atoms with Gasteiger partial charge in [0.15, 0.2) is 0 Å². The summed E-state index contributed by atoms with van der Waals surface area (Å²) in [4.78, 5) is 9.39. The molecule has 0 aliphatic heterocycles. The van der Waals surface area contributed by atoms with E-state index in [1.807, 2.05) is 0 Å². The number of rotatable bonds is 5. The van der Waals surface area contributed by atoms with Crippen LogP contribution in [0, 0.1) is 58.2 Å². The summed E-state index contributed by atoms with van der Waals surface area (Å²) in [5.74, 6) is 7.13. The lowest BCUT2D eigenvalue weighted by atomic mass is 9.48. The maximum absolute atomic E-state index is 9.68. The molecule has 8 fully saturated rings. The normalized spacial score (nSPS) is 47.4. The van der Waals surface area contributed by atoms with E-state index in [0.29, 0.717) is 46.7 Å². The second-order valence-corrected chi connectivity index (χ2v) is 12.6. The molecule has 1 unspecified atom stereocenters. The first-order valence-corrected chi connectivity index (χ1v) is 13.1. The van der Waals surface area contributed by atoms with E-state index in [2.05, 4.69) is 21.7 Å². The smallest absolute Gasteiger partial charge is 0.224 e. The van der Waals surface area contributed by atoms with Crippen molar-refractivity contribution in [3.05, 3.63) is 11.8 Å². The highest BCUT2D eigenvalue weighted by Crippen LogP contribution is 2.59. The molecule has 8 aliphatic rings. The SMILES string of the molecule is N#Cc1cnc(NC2C3CC4CC(C3)CC2C4)nc1NC[C@]12CC3C[C@H](C1)[C@@H](N)[C@@H](C3)C2. The number of nitrogens with zero attached hydrogens (tertiary/aromatic N) is 3. The van der Waals surface area contributed by atoms with Crippen LogP contribution in [-0.4, -0.2) is 28.6 Å². The van der Waals surface area contributed by atoms with Crippen molar-refractivity contribution in [3.8, 4) is 6.07 Å². The number of aromatic nitrogens is 2. The van der Waals surface area contributed by atoms with Gasteiger partial charge in [-0.2, -0.15) is 10.2 Å². The molecule has 6 nitrogen and oxygen atoms in total. The van der Waals surface area contributed by atoms with Crippen LogP contribution in [0.4, 0.5) is 11.8 Å². The largest absolute Gasteiger partial charge is 0.368 e. The molecule has 0 spiro atoms. The van der Waals surface area contributed by atoms with Crippen LogP contribution >= 0.6 is 0 Å². The molecule has 1 aromatic heterocycles. The second kappa shape index (κ2) is 7.06. The number of hydrogen-bond donors (Lipinski definition) is 3. The third kappa shape index (κ3) is 3.07. The van der Waals surface area contributed by atoms with Gasteiger partial charge in [-0.05, 0) is 111 Å². The molecule has 8 bridgehead atoms. The average Bonchev–Trinajstić information content (AvgIpc) is 2.77. The summed E-state index contributed by atoms with van der Waals surface area (Å²) in [5.41, 5.74) is 7.43. The van der Waals surface area contributed by atoms with Gasteiger partial charge in [0.1, 0.15) is 17.5 Å². The Bertz CT molecular complexity index is 908. The molecule has 4 N–H and O–H groups in total. The van der Waals surface area contributed by atoms with Gasteiger partial charge in [0, 0.05) is 18.6 Å². The summed E-state index contributed by atoms with van der Waals surface area (Å²) in [5, 5.41) is 17.0. The van der Waals surface area contributed by atoms with Crippen LogP contribution in [0.2, 0.25) is 0 Å². The Morgan fingerprint density at radius 1 is 0.938 bits per heavy atom. The van der Waals surface area contributed by atoms with E-state index >= 15 is 0 Å². The molecule has 8 saturated carbocycles. The molecule has 0 aromatic carbocycles. The van der Waals surface area contributed by atoms with E-state index in [4.69, 9.17) is 10.7 Å². The van der Waals surface area contributed by atoms with Gasteiger partial charge >= 0.3 is 0 Å². The Morgan fingerprint density at radius 2 is 1.59 bits per heavy atom. The Labute approximate surface area is 191 Å². The van der Waals surface area contributed by atoms with Crippen molar-refractivity contribution in [1.29, 1.82) is 5.26 Å². The fourth-order valence-electron chi connectivity index (χ4n) is 9.70. The van der Waals surface area contributed by atoms with E-state index in [0.717, 1.165) is 36.1 Å². The van der Waals surface area contributed by atoms with Crippen LogP contribution in [0.15, 0.2) is 6.20 Å². The zero-order valence-electron chi connectivity index (χ0n) is 19.0. The Kier molecular flexibility index (Phi) is 4.32. The lowest BCUT2D eigenvalue weighted by molar-refractivity contribution is -0.0591. The standard InChI is InChI=1S/C26H36N6/c27-11-21-12-29-25(31-23-17-2-14-1-15(4-17)5-18(23)3-14)32-24(21)30-13-26-8-16-6-19(9-26)22(28)20(7-16)10-26/h12,14-20,22-23H,1-10,13,28H2,(H2,29,30,31,32)/t14?,15?,16?,17?,18?,19-,20+,22-,23?,26-. The average molecular weight is 433 g/mol. The first-order chi connectivity index (χ1) is 15.6. The number of nitrogens with one attached hydrogen (secondary N) is 2. The molecule has 170 valence electrons. The molecule has 0 saturated heterocycles. The molecular formula is C26H36N6. The summed E-state index contributed by atoms with van der Waals surface area (Å²) in [6.45, 7) is 0.909. The first-order valence-electron chi connectivity index (χ1n) is 13.1. The maximum atomic E-state index is 9.68. The van der Waals surface area contributed by atoms with Gasteiger partial charge in [-0.25, -0.2) is 4.98 Å². The number of nitrogens with two attached hydrogens (primary N) is 1. The molecule has 8 aliphatic carbocycles. The molecule has 32 heavy (non-hydrogen) atoms. The van der Waals surface area contributed by atoms with E-state index in [-0.39, 0.29) is 0 Å². The number of anilines is 2. The van der Waals surface area contributed by atoms with Crippen molar-refractivity contribution >= 4 is 11.8 Å². The van der Waals surface area contributed by atoms with Crippen molar-refractivity contribution in [2.75, 3.05) is 17.2 Å². The van der Waals surface area contributed by atoms with Gasteiger partial charge in [0.25, 0.3) is 0 Å². The zero-order chi connectivity index (χ0) is 21.4. The molecule has 0 amide bonds. The van der Waals surface area contributed by atoms with Crippen LogP contribution in [0.1, 0.15) is 69.8 Å². The predicted molar refractivity (Wildman–Crippen MR) is 124 cm³/mol. The van der Waals surface area contributed by atoms with Gasteiger partial charge in [0.2, 0.25) is 5.95 Å². The fraction of sp³-hybridized carbons (Fsp3) is 0.808. The maximum Gasteiger partial charge on any atom is 0.224 e. The molecule has 5 atom stereocenters. The first kappa shape index (κ1) is 19.6. The molecule has 6 heteroatoms. The lowest BCUT2D eigenvalue weighted by Gasteiger charge is -2.59. The Morgan fingerprint density at radius 3 is 2.25 bits per heavy atom. The van der Waals surface area contributed by atoms with Gasteiger partial charge in [-0.15, -0.1) is 0 Å².